The number of carbonyl (C=O) groups excluding carboxylic acids is 2. The van der Waals surface area contributed by atoms with E-state index in [0.29, 0.717) is 6.42 Å². The van der Waals surface area contributed by atoms with E-state index in [4.69, 9.17) is 15.7 Å². The molecule has 0 unspecified atom stereocenters. The van der Waals surface area contributed by atoms with E-state index in [1.165, 1.54) is 13.2 Å². The third kappa shape index (κ3) is 4.47. The molecule has 0 aliphatic carbocycles. The first kappa shape index (κ1) is 17.5. The molecular weight excluding hydrogens is 286 g/mol. The largest absolute Gasteiger partial charge is 0.467 e. The molecule has 22 heavy (non-hydrogen) atoms. The summed E-state index contributed by atoms with van der Waals surface area (Å²) < 4.78 is 4.71. The topological polar surface area (TPSA) is 114 Å². The molecule has 0 aliphatic heterocycles. The first-order valence-corrected chi connectivity index (χ1v) is 6.86. The van der Waals surface area contributed by atoms with E-state index in [1.54, 1.807) is 18.2 Å². The molecule has 0 saturated carbocycles. The van der Waals surface area contributed by atoms with Gasteiger partial charge in [0, 0.05) is 5.56 Å². The molecule has 7 heteroatoms. The maximum atomic E-state index is 12.4. The molecule has 1 rings (SSSR count). The average Bonchev–Trinajstić information content (AvgIpc) is 2.52. The molecule has 0 radical (unpaired) electrons. The van der Waals surface area contributed by atoms with Crippen LogP contribution in [0.1, 0.15) is 36.2 Å². The van der Waals surface area contributed by atoms with Crippen LogP contribution < -0.4 is 11.1 Å². The number of amidine groups is 1. The second-order valence-corrected chi connectivity index (χ2v) is 5.21. The van der Waals surface area contributed by atoms with Gasteiger partial charge in [-0.2, -0.15) is 0 Å². The SMILES string of the molecule is COC(=O)[C@H](CC(C)C)NC(=O)c1ccccc1C(N)=NO. The molecule has 0 aromatic heterocycles. The van der Waals surface area contributed by atoms with Crippen molar-refractivity contribution in [1.29, 1.82) is 0 Å². The minimum Gasteiger partial charge on any atom is -0.467 e. The Morgan fingerprint density at radius 2 is 1.91 bits per heavy atom. The highest BCUT2D eigenvalue weighted by molar-refractivity contribution is 6.09. The fraction of sp³-hybridized carbons (Fsp3) is 0.400. The van der Waals surface area contributed by atoms with Crippen LogP contribution in [-0.2, 0) is 9.53 Å². The summed E-state index contributed by atoms with van der Waals surface area (Å²) in [6.45, 7) is 3.87. The van der Waals surface area contributed by atoms with Gasteiger partial charge in [-0.25, -0.2) is 4.79 Å². The van der Waals surface area contributed by atoms with Gasteiger partial charge in [0.25, 0.3) is 5.91 Å². The van der Waals surface area contributed by atoms with Crippen LogP contribution in [0.25, 0.3) is 0 Å². The van der Waals surface area contributed by atoms with Crippen molar-refractivity contribution < 1.29 is 19.5 Å². The van der Waals surface area contributed by atoms with Crippen molar-refractivity contribution >= 4 is 17.7 Å². The van der Waals surface area contributed by atoms with Crippen molar-refractivity contribution in [3.8, 4) is 0 Å². The standard InChI is InChI=1S/C15H21N3O4/c1-9(2)8-12(15(20)22-3)17-14(19)11-7-5-4-6-10(11)13(16)18-21/h4-7,9,12,21H,8H2,1-3H3,(H2,16,18)(H,17,19)/t12-/m0/s1. The lowest BCUT2D eigenvalue weighted by Gasteiger charge is -2.19. The molecule has 0 bridgehead atoms. The van der Waals surface area contributed by atoms with E-state index < -0.39 is 17.9 Å². The Kier molecular flexibility index (Phi) is 6.37. The van der Waals surface area contributed by atoms with E-state index in [0.717, 1.165) is 0 Å². The summed E-state index contributed by atoms with van der Waals surface area (Å²) in [7, 11) is 1.27. The molecule has 0 fully saturated rings. The molecule has 7 nitrogen and oxygen atoms in total. The molecule has 1 amide bonds. The molecule has 1 aromatic rings. The van der Waals surface area contributed by atoms with Crippen LogP contribution in [0, 0.1) is 5.92 Å². The van der Waals surface area contributed by atoms with E-state index in [2.05, 4.69) is 10.5 Å². The van der Waals surface area contributed by atoms with Crippen LogP contribution >= 0.6 is 0 Å². The highest BCUT2D eigenvalue weighted by Crippen LogP contribution is 2.11. The maximum absolute atomic E-state index is 12.4. The Bertz CT molecular complexity index is 570. The van der Waals surface area contributed by atoms with Crippen molar-refractivity contribution in [2.45, 2.75) is 26.3 Å². The number of oxime groups is 1. The fourth-order valence-corrected chi connectivity index (χ4v) is 2.02. The Hall–Kier alpha value is -2.57. The number of esters is 1. The normalized spacial score (nSPS) is 12.8. The summed E-state index contributed by atoms with van der Waals surface area (Å²) in [4.78, 5) is 24.2. The lowest BCUT2D eigenvalue weighted by molar-refractivity contribution is -0.143. The highest BCUT2D eigenvalue weighted by Gasteiger charge is 2.24. The first-order chi connectivity index (χ1) is 10.4. The van der Waals surface area contributed by atoms with Crippen LogP contribution in [0.5, 0.6) is 0 Å². The number of ether oxygens (including phenoxy) is 1. The smallest absolute Gasteiger partial charge is 0.328 e. The van der Waals surface area contributed by atoms with Crippen molar-refractivity contribution in [1.82, 2.24) is 5.32 Å². The summed E-state index contributed by atoms with van der Waals surface area (Å²) in [6, 6.07) is 5.65. The third-order valence-electron chi connectivity index (χ3n) is 3.05. The fourth-order valence-electron chi connectivity index (χ4n) is 2.02. The van der Waals surface area contributed by atoms with Gasteiger partial charge >= 0.3 is 5.97 Å². The average molecular weight is 307 g/mol. The van der Waals surface area contributed by atoms with Gasteiger partial charge < -0.3 is 21.0 Å². The highest BCUT2D eigenvalue weighted by atomic mass is 16.5. The maximum Gasteiger partial charge on any atom is 0.328 e. The molecule has 0 spiro atoms. The number of nitrogens with two attached hydrogens (primary N) is 1. The molecule has 0 saturated heterocycles. The van der Waals surface area contributed by atoms with Gasteiger partial charge in [0.2, 0.25) is 0 Å². The molecule has 120 valence electrons. The molecule has 1 atom stereocenters. The second-order valence-electron chi connectivity index (χ2n) is 5.21. The van der Waals surface area contributed by atoms with Crippen LogP contribution in [-0.4, -0.2) is 36.1 Å². The zero-order valence-electron chi connectivity index (χ0n) is 12.9. The number of nitrogens with zero attached hydrogens (tertiary/aromatic N) is 1. The molecule has 4 N–H and O–H groups in total. The van der Waals surface area contributed by atoms with E-state index in [1.807, 2.05) is 13.8 Å². The predicted molar refractivity (Wildman–Crippen MR) is 81.7 cm³/mol. The third-order valence-corrected chi connectivity index (χ3v) is 3.05. The van der Waals surface area contributed by atoms with Gasteiger partial charge in [-0.3, -0.25) is 4.79 Å². The lowest BCUT2D eigenvalue weighted by atomic mass is 10.0. The zero-order chi connectivity index (χ0) is 16.7. The van der Waals surface area contributed by atoms with Gasteiger partial charge in [0.05, 0.1) is 12.7 Å². The Balaban J connectivity index is 3.02. The summed E-state index contributed by atoms with van der Waals surface area (Å²) in [6.07, 6.45) is 0.449. The Labute approximate surface area is 129 Å². The van der Waals surface area contributed by atoms with Crippen molar-refractivity contribution in [2.24, 2.45) is 16.8 Å². The van der Waals surface area contributed by atoms with Gasteiger partial charge in [-0.05, 0) is 18.4 Å². The molecule has 0 heterocycles. The number of rotatable bonds is 6. The van der Waals surface area contributed by atoms with Gasteiger partial charge in [0.15, 0.2) is 5.84 Å². The van der Waals surface area contributed by atoms with E-state index >= 15 is 0 Å². The molecule has 1 aromatic carbocycles. The predicted octanol–water partition coefficient (Wildman–Crippen LogP) is 1.10. The minimum absolute atomic E-state index is 0.177. The summed E-state index contributed by atoms with van der Waals surface area (Å²) in [5.74, 6) is -0.977. The van der Waals surface area contributed by atoms with E-state index in [-0.39, 0.29) is 22.9 Å². The van der Waals surface area contributed by atoms with Gasteiger partial charge in [-0.15, -0.1) is 0 Å². The first-order valence-electron chi connectivity index (χ1n) is 6.86. The quantitative estimate of drug-likeness (QED) is 0.239. The number of carbonyl (C=O) groups is 2. The summed E-state index contributed by atoms with van der Waals surface area (Å²) >= 11 is 0. The van der Waals surface area contributed by atoms with Crippen LogP contribution in [0.15, 0.2) is 29.4 Å². The summed E-state index contributed by atoms with van der Waals surface area (Å²) in [5, 5.41) is 14.3. The number of methoxy groups -OCH3 is 1. The summed E-state index contributed by atoms with van der Waals surface area (Å²) in [5.41, 5.74) is 6.06. The lowest BCUT2D eigenvalue weighted by Crippen LogP contribution is -2.43. The number of hydrogen-bond donors (Lipinski definition) is 3. The second kappa shape index (κ2) is 8.02. The number of nitrogens with one attached hydrogen (secondary N) is 1. The minimum atomic E-state index is -0.752. The van der Waals surface area contributed by atoms with Crippen LogP contribution in [0.3, 0.4) is 0 Å². The van der Waals surface area contributed by atoms with Crippen molar-refractivity contribution in [3.05, 3.63) is 35.4 Å². The number of benzene rings is 1. The van der Waals surface area contributed by atoms with E-state index in [9.17, 15) is 9.59 Å². The number of amides is 1. The molecular formula is C15H21N3O4. The van der Waals surface area contributed by atoms with Crippen molar-refractivity contribution in [2.75, 3.05) is 7.11 Å². The van der Waals surface area contributed by atoms with Crippen LogP contribution in [0.2, 0.25) is 0 Å². The van der Waals surface area contributed by atoms with Crippen molar-refractivity contribution in [3.63, 3.8) is 0 Å². The van der Waals surface area contributed by atoms with Gasteiger partial charge in [-0.1, -0.05) is 37.2 Å². The molecule has 0 aliphatic rings. The monoisotopic (exact) mass is 307 g/mol. The van der Waals surface area contributed by atoms with Crippen LogP contribution in [0.4, 0.5) is 0 Å². The zero-order valence-corrected chi connectivity index (χ0v) is 12.9. The van der Waals surface area contributed by atoms with Gasteiger partial charge in [0.1, 0.15) is 6.04 Å². The number of hydrogen-bond acceptors (Lipinski definition) is 5. The Morgan fingerprint density at radius 3 is 2.41 bits per heavy atom. The Morgan fingerprint density at radius 1 is 1.32 bits per heavy atom.